The SMILES string of the molecule is CCOc1cc2occ(-c3cc(OC)ccc3OC)c2cc1/C(C)=C/C(=O)Nc1cc(C)cc(C)c1. The fourth-order valence-electron chi connectivity index (χ4n) is 4.37. The van der Waals surface area contributed by atoms with Gasteiger partial charge in [-0.15, -0.1) is 0 Å². The standard InChI is InChI=1S/C30H31NO5/c1-7-35-28-16-29-25(26(17-36-29)24-14-22(33-5)8-9-27(24)34-6)15-23(28)20(4)13-30(32)31-21-11-18(2)10-19(3)12-21/h8-17H,7H2,1-6H3,(H,31,32)/b20-13+. The van der Waals surface area contributed by atoms with Gasteiger partial charge in [0.2, 0.25) is 5.91 Å². The molecule has 0 fully saturated rings. The van der Waals surface area contributed by atoms with Crippen LogP contribution < -0.4 is 19.5 Å². The first-order valence-electron chi connectivity index (χ1n) is 11.8. The molecule has 0 unspecified atom stereocenters. The van der Waals surface area contributed by atoms with Crippen LogP contribution in [0.1, 0.15) is 30.5 Å². The Hall–Kier alpha value is -4.19. The highest BCUT2D eigenvalue weighted by molar-refractivity contribution is 6.05. The summed E-state index contributed by atoms with van der Waals surface area (Å²) in [6.45, 7) is 8.32. The maximum atomic E-state index is 12.9. The number of nitrogens with one attached hydrogen (secondary N) is 1. The van der Waals surface area contributed by atoms with Crippen LogP contribution in [0.4, 0.5) is 5.69 Å². The number of amides is 1. The topological polar surface area (TPSA) is 69.9 Å². The van der Waals surface area contributed by atoms with Crippen LogP contribution >= 0.6 is 0 Å². The number of carbonyl (C=O) groups excluding carboxylic acids is 1. The second-order valence-electron chi connectivity index (χ2n) is 8.69. The predicted octanol–water partition coefficient (Wildman–Crippen LogP) is 7.17. The fraction of sp³-hybridized carbons (Fsp3) is 0.233. The van der Waals surface area contributed by atoms with E-state index < -0.39 is 0 Å². The van der Waals surface area contributed by atoms with Crippen molar-refractivity contribution < 1.29 is 23.4 Å². The number of ether oxygens (including phenoxy) is 3. The molecule has 186 valence electrons. The Kier molecular flexibility index (Phi) is 7.34. The lowest BCUT2D eigenvalue weighted by Gasteiger charge is -2.13. The van der Waals surface area contributed by atoms with Gasteiger partial charge in [0.1, 0.15) is 22.8 Å². The first-order chi connectivity index (χ1) is 17.3. The summed E-state index contributed by atoms with van der Waals surface area (Å²) in [7, 11) is 3.26. The number of allylic oxidation sites excluding steroid dienone is 1. The number of methoxy groups -OCH3 is 2. The van der Waals surface area contributed by atoms with Gasteiger partial charge in [0, 0.05) is 39.9 Å². The van der Waals surface area contributed by atoms with E-state index >= 15 is 0 Å². The van der Waals surface area contributed by atoms with Crippen LogP contribution in [0.25, 0.3) is 27.7 Å². The third-order valence-electron chi connectivity index (χ3n) is 5.93. The summed E-state index contributed by atoms with van der Waals surface area (Å²) in [5.41, 5.74) is 6.92. The molecule has 0 atom stereocenters. The normalized spacial score (nSPS) is 11.4. The number of rotatable bonds is 8. The Balaban J connectivity index is 1.77. The number of benzene rings is 3. The van der Waals surface area contributed by atoms with Crippen molar-refractivity contribution in [2.24, 2.45) is 0 Å². The van der Waals surface area contributed by atoms with Gasteiger partial charge in [0.05, 0.1) is 27.1 Å². The number of carbonyl (C=O) groups is 1. The average molecular weight is 486 g/mol. The highest BCUT2D eigenvalue weighted by Crippen LogP contribution is 2.41. The largest absolute Gasteiger partial charge is 0.497 e. The number of anilines is 1. The molecule has 6 heteroatoms. The van der Waals surface area contributed by atoms with E-state index in [2.05, 4.69) is 11.4 Å². The Morgan fingerprint density at radius 3 is 2.36 bits per heavy atom. The van der Waals surface area contributed by atoms with Gasteiger partial charge < -0.3 is 23.9 Å². The van der Waals surface area contributed by atoms with E-state index in [1.807, 2.05) is 70.2 Å². The molecule has 1 aromatic heterocycles. The third kappa shape index (κ3) is 5.23. The van der Waals surface area contributed by atoms with Crippen molar-refractivity contribution in [1.82, 2.24) is 0 Å². The molecule has 0 aliphatic rings. The van der Waals surface area contributed by atoms with Crippen LogP contribution in [-0.4, -0.2) is 26.7 Å². The summed E-state index contributed by atoms with van der Waals surface area (Å²) in [5.74, 6) is 1.86. The Morgan fingerprint density at radius 2 is 1.69 bits per heavy atom. The molecule has 0 spiro atoms. The lowest BCUT2D eigenvalue weighted by Crippen LogP contribution is -2.09. The van der Waals surface area contributed by atoms with Crippen LogP contribution in [0.3, 0.4) is 0 Å². The first-order valence-corrected chi connectivity index (χ1v) is 11.8. The molecular weight excluding hydrogens is 454 g/mol. The van der Waals surface area contributed by atoms with Crippen molar-refractivity contribution >= 4 is 28.1 Å². The maximum absolute atomic E-state index is 12.9. The van der Waals surface area contributed by atoms with Crippen LogP contribution in [0.2, 0.25) is 0 Å². The molecule has 0 radical (unpaired) electrons. The lowest BCUT2D eigenvalue weighted by atomic mass is 9.98. The summed E-state index contributed by atoms with van der Waals surface area (Å²) in [4.78, 5) is 12.9. The quantitative estimate of drug-likeness (QED) is 0.268. The molecule has 1 amide bonds. The molecule has 0 bridgehead atoms. The van der Waals surface area contributed by atoms with E-state index in [0.29, 0.717) is 29.4 Å². The minimum atomic E-state index is -0.207. The number of aryl methyl sites for hydroxylation is 2. The number of hydrogen-bond acceptors (Lipinski definition) is 5. The predicted molar refractivity (Wildman–Crippen MR) is 144 cm³/mol. The molecule has 0 saturated carbocycles. The molecule has 0 aliphatic heterocycles. The second kappa shape index (κ2) is 10.6. The fourth-order valence-corrected chi connectivity index (χ4v) is 4.37. The van der Waals surface area contributed by atoms with Gasteiger partial charge >= 0.3 is 0 Å². The highest BCUT2D eigenvalue weighted by Gasteiger charge is 2.18. The monoisotopic (exact) mass is 485 g/mol. The van der Waals surface area contributed by atoms with Crippen LogP contribution in [0.5, 0.6) is 17.2 Å². The maximum Gasteiger partial charge on any atom is 0.248 e. The summed E-state index contributed by atoms with van der Waals surface area (Å²) in [5, 5.41) is 3.85. The third-order valence-corrected chi connectivity index (χ3v) is 5.93. The first kappa shape index (κ1) is 24.9. The zero-order chi connectivity index (χ0) is 25.8. The van der Waals surface area contributed by atoms with Gasteiger partial charge in [-0.05, 0) is 80.8 Å². The Labute approximate surface area is 211 Å². The van der Waals surface area contributed by atoms with E-state index in [-0.39, 0.29) is 5.91 Å². The number of hydrogen-bond donors (Lipinski definition) is 1. The van der Waals surface area contributed by atoms with Crippen LogP contribution in [0, 0.1) is 13.8 Å². The molecule has 1 N–H and O–H groups in total. The van der Waals surface area contributed by atoms with Crippen molar-refractivity contribution in [1.29, 1.82) is 0 Å². The van der Waals surface area contributed by atoms with E-state index in [9.17, 15) is 4.79 Å². The van der Waals surface area contributed by atoms with Crippen molar-refractivity contribution in [3.05, 3.63) is 77.6 Å². The van der Waals surface area contributed by atoms with Crippen LogP contribution in [-0.2, 0) is 4.79 Å². The van der Waals surface area contributed by atoms with Gasteiger partial charge in [-0.25, -0.2) is 0 Å². The Morgan fingerprint density at radius 1 is 0.944 bits per heavy atom. The smallest absolute Gasteiger partial charge is 0.248 e. The van der Waals surface area contributed by atoms with E-state index in [4.69, 9.17) is 18.6 Å². The molecule has 3 aromatic carbocycles. The molecular formula is C30H31NO5. The van der Waals surface area contributed by atoms with Gasteiger partial charge in [-0.1, -0.05) is 6.07 Å². The summed E-state index contributed by atoms with van der Waals surface area (Å²) < 4.78 is 22.8. The van der Waals surface area contributed by atoms with Crippen molar-refractivity contribution in [3.63, 3.8) is 0 Å². The second-order valence-corrected chi connectivity index (χ2v) is 8.69. The minimum Gasteiger partial charge on any atom is -0.497 e. The minimum absolute atomic E-state index is 0.207. The molecule has 6 nitrogen and oxygen atoms in total. The molecule has 0 saturated heterocycles. The van der Waals surface area contributed by atoms with Gasteiger partial charge in [-0.3, -0.25) is 4.79 Å². The zero-order valence-electron chi connectivity index (χ0n) is 21.5. The molecule has 4 aromatic rings. The average Bonchev–Trinajstić information content (AvgIpc) is 3.25. The molecule has 4 rings (SSSR count). The highest BCUT2D eigenvalue weighted by atomic mass is 16.5. The Bertz CT molecular complexity index is 1430. The summed E-state index contributed by atoms with van der Waals surface area (Å²) >= 11 is 0. The number of fused-ring (bicyclic) bond motifs is 1. The molecule has 1 heterocycles. The van der Waals surface area contributed by atoms with E-state index in [1.165, 1.54) is 0 Å². The number of furan rings is 1. The van der Waals surface area contributed by atoms with E-state index in [1.54, 1.807) is 26.6 Å². The van der Waals surface area contributed by atoms with Gasteiger partial charge in [-0.2, -0.15) is 0 Å². The van der Waals surface area contributed by atoms with Crippen molar-refractivity contribution in [2.45, 2.75) is 27.7 Å². The summed E-state index contributed by atoms with van der Waals surface area (Å²) in [6, 6.07) is 15.5. The van der Waals surface area contributed by atoms with E-state index in [0.717, 1.165) is 44.5 Å². The molecule has 36 heavy (non-hydrogen) atoms. The van der Waals surface area contributed by atoms with Gasteiger partial charge in [0.25, 0.3) is 0 Å². The van der Waals surface area contributed by atoms with Crippen molar-refractivity contribution in [3.8, 4) is 28.4 Å². The van der Waals surface area contributed by atoms with Gasteiger partial charge in [0.15, 0.2) is 0 Å². The summed E-state index contributed by atoms with van der Waals surface area (Å²) in [6.07, 6.45) is 3.29. The van der Waals surface area contributed by atoms with Crippen LogP contribution in [0.15, 0.2) is 65.3 Å². The van der Waals surface area contributed by atoms with Crippen molar-refractivity contribution in [2.75, 3.05) is 26.1 Å². The molecule has 0 aliphatic carbocycles. The zero-order valence-corrected chi connectivity index (χ0v) is 21.5. The lowest BCUT2D eigenvalue weighted by molar-refractivity contribution is -0.111.